The first-order valence-electron chi connectivity index (χ1n) is 11.9. The maximum absolute atomic E-state index is 14.8. The fourth-order valence-electron chi connectivity index (χ4n) is 3.73. The van der Waals surface area contributed by atoms with Gasteiger partial charge in [0, 0.05) is 38.2 Å². The Balaban J connectivity index is 1.76. The van der Waals surface area contributed by atoms with E-state index in [0.717, 1.165) is 26.3 Å². The highest BCUT2D eigenvalue weighted by Crippen LogP contribution is 2.31. The number of likely N-dealkylation sites (N-methyl/N-ethyl adjacent to an activating group) is 1. The van der Waals surface area contributed by atoms with Crippen molar-refractivity contribution >= 4 is 43.8 Å². The molecule has 0 saturated carbocycles. The molecule has 17 heteroatoms. The maximum Gasteiger partial charge on any atom is 0.332 e. The summed E-state index contributed by atoms with van der Waals surface area (Å²) >= 11 is 5.77. The zero-order valence-electron chi connectivity index (χ0n) is 21.3. The Morgan fingerprint density at radius 1 is 1.02 bits per heavy atom. The van der Waals surface area contributed by atoms with Crippen LogP contribution in [0.25, 0.3) is 0 Å². The second-order valence-electron chi connectivity index (χ2n) is 8.86. The predicted octanol–water partition coefficient (Wildman–Crippen LogP) is 2.26. The van der Waals surface area contributed by atoms with Gasteiger partial charge in [-0.1, -0.05) is 11.6 Å². The van der Waals surface area contributed by atoms with Gasteiger partial charge in [-0.15, -0.1) is 0 Å². The Bertz CT molecular complexity index is 1430. The van der Waals surface area contributed by atoms with Gasteiger partial charge in [0.25, 0.3) is 0 Å². The molecule has 2 aromatic carbocycles. The molecule has 0 bridgehead atoms. The van der Waals surface area contributed by atoms with Crippen LogP contribution in [0.3, 0.4) is 0 Å². The van der Waals surface area contributed by atoms with Crippen LogP contribution in [0.5, 0.6) is 11.5 Å². The van der Waals surface area contributed by atoms with Crippen LogP contribution in [0.15, 0.2) is 41.3 Å². The van der Waals surface area contributed by atoms with E-state index in [-0.39, 0.29) is 5.75 Å². The molecule has 1 heterocycles. The number of benzene rings is 2. The van der Waals surface area contributed by atoms with Gasteiger partial charge < -0.3 is 15.4 Å². The molecule has 0 aliphatic carbocycles. The molecule has 1 fully saturated rings. The highest BCUT2D eigenvalue weighted by atomic mass is 35.5. The Hall–Kier alpha value is -3.05. The lowest BCUT2D eigenvalue weighted by molar-refractivity contribution is -0.118. The molecule has 1 aliphatic rings. The number of amides is 3. The topological polar surface area (TPSA) is 159 Å². The number of urea groups is 1. The van der Waals surface area contributed by atoms with Crippen molar-refractivity contribution in [3.05, 3.63) is 53.1 Å². The largest absolute Gasteiger partial charge is 0.451 e. The number of likely N-dealkylation sites (tertiary alicyclic amines) is 1. The summed E-state index contributed by atoms with van der Waals surface area (Å²) in [5.74, 6) is -4.65. The van der Waals surface area contributed by atoms with E-state index >= 15 is 0 Å². The van der Waals surface area contributed by atoms with Gasteiger partial charge in [-0.2, -0.15) is 17.0 Å². The molecule has 0 atom stereocenters. The number of nitrogens with two attached hydrogens (primary N) is 1. The fraction of sp³-hybridized carbons (Fsp3) is 0.391. The number of halogens is 3. The number of rotatable bonds is 11. The molecular formula is C23H28ClF2N5O7S2. The van der Waals surface area contributed by atoms with Crippen LogP contribution < -0.4 is 15.2 Å². The van der Waals surface area contributed by atoms with Crippen LogP contribution in [0.1, 0.15) is 19.3 Å². The molecule has 0 aromatic heterocycles. The van der Waals surface area contributed by atoms with Crippen molar-refractivity contribution in [1.82, 2.24) is 18.2 Å². The molecule has 0 unspecified atom stereocenters. The SMILES string of the molecule is CN(CCN(CC(N)=O)S(=O)(=O)c1cc(F)c(Oc2ccc(Cl)cc2)c(F)c1)S(=O)(=O)NC(=O)N1CCCCC1. The number of hydrogen-bond acceptors (Lipinski definition) is 7. The number of ether oxygens (including phenoxy) is 1. The number of carbonyl (C=O) groups is 2. The molecule has 40 heavy (non-hydrogen) atoms. The number of hydrogen-bond donors (Lipinski definition) is 2. The third-order valence-electron chi connectivity index (χ3n) is 5.91. The van der Waals surface area contributed by atoms with Gasteiger partial charge in [0.15, 0.2) is 17.4 Å². The zero-order chi connectivity index (χ0) is 29.7. The second-order valence-corrected chi connectivity index (χ2v) is 13.0. The summed E-state index contributed by atoms with van der Waals surface area (Å²) in [5.41, 5.74) is 5.17. The Kier molecular flexibility index (Phi) is 10.3. The highest BCUT2D eigenvalue weighted by molar-refractivity contribution is 7.89. The number of primary amides is 1. The summed E-state index contributed by atoms with van der Waals surface area (Å²) < 4.78 is 89.5. The van der Waals surface area contributed by atoms with Crippen LogP contribution in [0.2, 0.25) is 5.02 Å². The normalized spacial score (nSPS) is 14.4. The molecule has 12 nitrogen and oxygen atoms in total. The number of nitrogens with one attached hydrogen (secondary N) is 1. The van der Waals surface area contributed by atoms with Crippen molar-refractivity contribution in [1.29, 1.82) is 0 Å². The summed E-state index contributed by atoms with van der Waals surface area (Å²) in [6.07, 6.45) is 2.39. The molecule has 1 saturated heterocycles. The Labute approximate surface area is 235 Å². The summed E-state index contributed by atoms with van der Waals surface area (Å²) in [4.78, 5) is 24.4. The monoisotopic (exact) mass is 623 g/mol. The third kappa shape index (κ3) is 8.00. The molecule has 0 radical (unpaired) electrons. The Morgan fingerprint density at radius 3 is 2.15 bits per heavy atom. The van der Waals surface area contributed by atoms with E-state index in [1.165, 1.54) is 29.2 Å². The first-order chi connectivity index (χ1) is 18.7. The van der Waals surface area contributed by atoms with Crippen molar-refractivity contribution in [3.8, 4) is 11.5 Å². The van der Waals surface area contributed by atoms with E-state index in [1.54, 1.807) is 0 Å². The van der Waals surface area contributed by atoms with Crippen molar-refractivity contribution in [3.63, 3.8) is 0 Å². The van der Waals surface area contributed by atoms with E-state index in [9.17, 15) is 35.2 Å². The van der Waals surface area contributed by atoms with Crippen LogP contribution in [0, 0.1) is 11.6 Å². The number of sulfonamides is 1. The molecule has 0 spiro atoms. The highest BCUT2D eigenvalue weighted by Gasteiger charge is 2.31. The van der Waals surface area contributed by atoms with Crippen LogP contribution in [0.4, 0.5) is 13.6 Å². The second kappa shape index (κ2) is 13.1. The van der Waals surface area contributed by atoms with Crippen molar-refractivity contribution in [2.75, 3.05) is 39.8 Å². The zero-order valence-corrected chi connectivity index (χ0v) is 23.7. The van der Waals surface area contributed by atoms with Crippen LogP contribution >= 0.6 is 11.6 Å². The number of piperidine rings is 1. The summed E-state index contributed by atoms with van der Waals surface area (Å²) in [6, 6.07) is 5.71. The van der Waals surface area contributed by atoms with E-state index in [2.05, 4.69) is 0 Å². The van der Waals surface area contributed by atoms with E-state index in [1.807, 2.05) is 4.72 Å². The maximum atomic E-state index is 14.8. The summed E-state index contributed by atoms with van der Waals surface area (Å²) in [5, 5.41) is 0.354. The smallest absolute Gasteiger partial charge is 0.332 e. The molecule has 3 rings (SSSR count). The molecule has 1 aliphatic heterocycles. The van der Waals surface area contributed by atoms with Gasteiger partial charge in [-0.05, 0) is 55.7 Å². The lowest BCUT2D eigenvalue weighted by Gasteiger charge is -2.28. The van der Waals surface area contributed by atoms with E-state index in [0.29, 0.717) is 38.9 Å². The lowest BCUT2D eigenvalue weighted by atomic mass is 10.1. The molecule has 3 amide bonds. The molecule has 2 aromatic rings. The predicted molar refractivity (Wildman–Crippen MR) is 141 cm³/mol. The minimum atomic E-state index is -4.76. The lowest BCUT2D eigenvalue weighted by Crippen LogP contribution is -2.50. The van der Waals surface area contributed by atoms with E-state index < -0.39 is 74.1 Å². The standard InChI is InChI=1S/C23H28ClF2N5O7S2/c1-29(40(36,37)28-23(33)30-9-3-2-4-10-30)11-12-31(15-21(27)32)39(34,35)18-13-19(25)22(20(26)14-18)38-17-7-5-16(24)6-8-17/h5-8,13-14H,2-4,9-12,15H2,1H3,(H2,27,32)(H,28,33). The average Bonchev–Trinajstić information content (AvgIpc) is 2.89. The van der Waals surface area contributed by atoms with Crippen LogP contribution in [-0.2, 0) is 25.0 Å². The molecular weight excluding hydrogens is 596 g/mol. The van der Waals surface area contributed by atoms with Crippen molar-refractivity contribution in [2.45, 2.75) is 24.2 Å². The molecule has 3 N–H and O–H groups in total. The first-order valence-corrected chi connectivity index (χ1v) is 15.2. The quantitative estimate of drug-likeness (QED) is 0.388. The van der Waals surface area contributed by atoms with Crippen LogP contribution in [-0.4, -0.2) is 82.1 Å². The minimum absolute atomic E-state index is 0.0322. The van der Waals surface area contributed by atoms with Gasteiger partial charge in [0.1, 0.15) is 5.75 Å². The number of carbonyl (C=O) groups excluding carboxylic acids is 2. The van der Waals surface area contributed by atoms with Crippen molar-refractivity contribution in [2.24, 2.45) is 5.73 Å². The first kappa shape index (κ1) is 31.5. The van der Waals surface area contributed by atoms with Gasteiger partial charge >= 0.3 is 16.2 Å². The van der Waals surface area contributed by atoms with Crippen molar-refractivity contribution < 1.29 is 39.9 Å². The molecule has 220 valence electrons. The van der Waals surface area contributed by atoms with Gasteiger partial charge in [-0.25, -0.2) is 26.7 Å². The van der Waals surface area contributed by atoms with Gasteiger partial charge in [-0.3, -0.25) is 4.79 Å². The third-order valence-corrected chi connectivity index (χ3v) is 9.42. The fourth-order valence-corrected chi connectivity index (χ4v) is 6.11. The van der Waals surface area contributed by atoms with Gasteiger partial charge in [0.2, 0.25) is 15.9 Å². The Morgan fingerprint density at radius 2 is 1.60 bits per heavy atom. The summed E-state index contributed by atoms with van der Waals surface area (Å²) in [7, 11) is -8.05. The summed E-state index contributed by atoms with van der Waals surface area (Å²) in [6.45, 7) is -1.29. The van der Waals surface area contributed by atoms with E-state index in [4.69, 9.17) is 22.1 Å². The number of nitrogens with zero attached hydrogens (tertiary/aromatic N) is 3. The van der Waals surface area contributed by atoms with Gasteiger partial charge in [0.05, 0.1) is 11.4 Å². The minimum Gasteiger partial charge on any atom is -0.451 e. The average molecular weight is 624 g/mol.